The molecular weight excluding hydrogens is 268 g/mol. The highest BCUT2D eigenvalue weighted by molar-refractivity contribution is 8.14. The van der Waals surface area contributed by atoms with Crippen molar-refractivity contribution in [2.75, 3.05) is 6.54 Å². The minimum absolute atomic E-state index is 0.319. The predicted octanol–water partition coefficient (Wildman–Crippen LogP) is -0.325. The second-order valence-electron chi connectivity index (χ2n) is 4.87. The van der Waals surface area contributed by atoms with Gasteiger partial charge >= 0.3 is 0 Å². The fourth-order valence-corrected chi connectivity index (χ4v) is 3.62. The predicted molar refractivity (Wildman–Crippen MR) is 74.1 cm³/mol. The summed E-state index contributed by atoms with van der Waals surface area (Å²) in [6.07, 6.45) is -2.22. The Bertz CT molecular complexity index is 342. The number of rotatable bonds is 4. The Morgan fingerprint density at radius 3 is 2.74 bits per heavy atom. The Balaban J connectivity index is 2.08. The molecule has 0 aromatic carbocycles. The van der Waals surface area contributed by atoms with Crippen molar-refractivity contribution < 1.29 is 20.1 Å². The molecule has 2 saturated heterocycles. The molecule has 2 aliphatic rings. The minimum atomic E-state index is -1.09. The first-order chi connectivity index (χ1) is 9.08. The zero-order valence-corrected chi connectivity index (χ0v) is 12.0. The van der Waals surface area contributed by atoms with Crippen molar-refractivity contribution in [3.05, 3.63) is 0 Å². The lowest BCUT2D eigenvalue weighted by Gasteiger charge is -2.40. The molecule has 0 spiro atoms. The van der Waals surface area contributed by atoms with Crippen molar-refractivity contribution >= 4 is 16.9 Å². The quantitative estimate of drug-likeness (QED) is 0.567. The van der Waals surface area contributed by atoms with Gasteiger partial charge in [0.05, 0.1) is 12.1 Å². The average Bonchev–Trinajstić information content (AvgIpc) is 2.77. The van der Waals surface area contributed by atoms with E-state index in [9.17, 15) is 15.3 Å². The molecule has 2 fully saturated rings. The van der Waals surface area contributed by atoms with Crippen LogP contribution in [0, 0.1) is 0 Å². The molecule has 6 atom stereocenters. The molecule has 4 N–H and O–H groups in total. The average molecular weight is 290 g/mol. The van der Waals surface area contributed by atoms with Gasteiger partial charge < -0.3 is 25.4 Å². The highest BCUT2D eigenvalue weighted by atomic mass is 32.2. The second kappa shape index (κ2) is 6.41. The summed E-state index contributed by atoms with van der Waals surface area (Å²) in [5.74, 6) is 0. The molecule has 110 valence electrons. The monoisotopic (exact) mass is 290 g/mol. The second-order valence-corrected chi connectivity index (χ2v) is 5.96. The molecule has 0 aromatic heterocycles. The highest BCUT2D eigenvalue weighted by Crippen LogP contribution is 2.35. The first-order valence-corrected chi connectivity index (χ1v) is 7.63. The van der Waals surface area contributed by atoms with Crippen molar-refractivity contribution in [3.8, 4) is 0 Å². The smallest absolute Gasteiger partial charge is 0.159 e. The molecule has 0 unspecified atom stereocenters. The van der Waals surface area contributed by atoms with Gasteiger partial charge in [0.15, 0.2) is 5.17 Å². The SMILES string of the molecule is CCC[C@H](O)[C@H]1O[C@@H]2SC(=NCC)N[C@@H]2[C@@H](O)[C@@H]1O. The third-order valence-corrected chi connectivity index (χ3v) is 4.53. The molecule has 7 heteroatoms. The number of hydrogen-bond acceptors (Lipinski definition) is 6. The van der Waals surface area contributed by atoms with Crippen molar-refractivity contribution in [2.24, 2.45) is 4.99 Å². The van der Waals surface area contributed by atoms with Gasteiger partial charge in [-0.15, -0.1) is 0 Å². The number of nitrogens with one attached hydrogen (secondary N) is 1. The molecule has 6 nitrogen and oxygen atoms in total. The van der Waals surface area contributed by atoms with E-state index in [-0.39, 0.29) is 11.5 Å². The van der Waals surface area contributed by atoms with Crippen molar-refractivity contribution in [1.82, 2.24) is 5.32 Å². The van der Waals surface area contributed by atoms with Gasteiger partial charge in [0.2, 0.25) is 0 Å². The lowest BCUT2D eigenvalue weighted by atomic mass is 9.93. The molecule has 19 heavy (non-hydrogen) atoms. The molecule has 2 aliphatic heterocycles. The maximum atomic E-state index is 10.1. The molecule has 2 rings (SSSR count). The first kappa shape index (κ1) is 15.1. The summed E-state index contributed by atoms with van der Waals surface area (Å²) < 4.78 is 5.74. The summed E-state index contributed by atoms with van der Waals surface area (Å²) in [4.78, 5) is 4.25. The van der Waals surface area contributed by atoms with Crippen LogP contribution in [0.2, 0.25) is 0 Å². The number of nitrogens with zero attached hydrogens (tertiary/aromatic N) is 1. The molecule has 0 radical (unpaired) electrons. The third-order valence-electron chi connectivity index (χ3n) is 3.42. The fraction of sp³-hybridized carbons (Fsp3) is 0.917. The van der Waals surface area contributed by atoms with Crippen LogP contribution in [-0.4, -0.2) is 62.9 Å². The van der Waals surface area contributed by atoms with E-state index in [2.05, 4.69) is 10.3 Å². The largest absolute Gasteiger partial charge is 0.390 e. The van der Waals surface area contributed by atoms with Gasteiger partial charge in [0, 0.05) is 6.54 Å². The number of hydrogen-bond donors (Lipinski definition) is 4. The van der Waals surface area contributed by atoms with E-state index in [1.54, 1.807) is 0 Å². The molecule has 0 aliphatic carbocycles. The number of fused-ring (bicyclic) bond motifs is 1. The molecule has 0 aromatic rings. The van der Waals surface area contributed by atoms with Gasteiger partial charge in [-0.2, -0.15) is 0 Å². The third kappa shape index (κ3) is 3.05. The maximum Gasteiger partial charge on any atom is 0.159 e. The van der Waals surface area contributed by atoms with Crippen LogP contribution in [0.5, 0.6) is 0 Å². The lowest BCUT2D eigenvalue weighted by Crippen LogP contribution is -2.61. The van der Waals surface area contributed by atoms with Crippen LogP contribution in [0.25, 0.3) is 0 Å². The van der Waals surface area contributed by atoms with Crippen LogP contribution in [0.15, 0.2) is 4.99 Å². The first-order valence-electron chi connectivity index (χ1n) is 6.75. The number of ether oxygens (including phenoxy) is 1. The highest BCUT2D eigenvalue weighted by Gasteiger charge is 2.50. The van der Waals surface area contributed by atoms with Gasteiger partial charge in [-0.05, 0) is 13.3 Å². The summed E-state index contributed by atoms with van der Waals surface area (Å²) >= 11 is 1.40. The van der Waals surface area contributed by atoms with Gasteiger partial charge in [0.1, 0.15) is 23.7 Å². The number of aliphatic hydroxyl groups excluding tert-OH is 3. The normalized spacial score (nSPS) is 41.9. The van der Waals surface area contributed by atoms with Crippen LogP contribution >= 0.6 is 11.8 Å². The molecule has 2 heterocycles. The van der Waals surface area contributed by atoms with Gasteiger partial charge in [-0.25, -0.2) is 0 Å². The van der Waals surface area contributed by atoms with Gasteiger partial charge in [0.25, 0.3) is 0 Å². The van der Waals surface area contributed by atoms with E-state index >= 15 is 0 Å². The van der Waals surface area contributed by atoms with Crippen molar-refractivity contribution in [3.63, 3.8) is 0 Å². The fourth-order valence-electron chi connectivity index (χ4n) is 2.43. The summed E-state index contributed by atoms with van der Waals surface area (Å²) in [5.41, 5.74) is -0.319. The Morgan fingerprint density at radius 2 is 2.11 bits per heavy atom. The standard InChI is InChI=1S/C12H22N2O4S/c1-3-5-6(15)10-9(17)8(16)7-11(18-10)19-12(14-7)13-4-2/h6-11,15-17H,3-5H2,1-2H3,(H,13,14)/t6-,7+,8+,9-,10+,11+/m0/s1. The van der Waals surface area contributed by atoms with E-state index in [0.717, 1.165) is 11.6 Å². The molecule has 0 saturated carbocycles. The summed E-state index contributed by atoms with van der Waals surface area (Å²) in [6.45, 7) is 4.53. The van der Waals surface area contributed by atoms with E-state index in [4.69, 9.17) is 4.74 Å². The zero-order valence-electron chi connectivity index (χ0n) is 11.2. The summed E-state index contributed by atoms with van der Waals surface area (Å²) in [5, 5.41) is 34.0. The van der Waals surface area contributed by atoms with E-state index < -0.39 is 24.4 Å². The van der Waals surface area contributed by atoms with Crippen molar-refractivity contribution in [2.45, 2.75) is 62.6 Å². The topological polar surface area (TPSA) is 94.3 Å². The number of aliphatic imine (C=N–C) groups is 1. The van der Waals surface area contributed by atoms with E-state index in [1.807, 2.05) is 13.8 Å². The van der Waals surface area contributed by atoms with Gasteiger partial charge in [-0.1, -0.05) is 25.1 Å². The summed E-state index contributed by atoms with van der Waals surface area (Å²) in [7, 11) is 0. The van der Waals surface area contributed by atoms with E-state index in [0.29, 0.717) is 13.0 Å². The zero-order chi connectivity index (χ0) is 14.0. The summed E-state index contributed by atoms with van der Waals surface area (Å²) in [6, 6.07) is -0.379. The van der Waals surface area contributed by atoms with Crippen molar-refractivity contribution in [1.29, 1.82) is 0 Å². The van der Waals surface area contributed by atoms with Gasteiger partial charge in [-0.3, -0.25) is 4.99 Å². The Morgan fingerprint density at radius 1 is 1.37 bits per heavy atom. The van der Waals surface area contributed by atoms with Crippen LogP contribution in [0.4, 0.5) is 0 Å². The number of thioether (sulfide) groups is 1. The van der Waals surface area contributed by atoms with E-state index in [1.165, 1.54) is 11.8 Å². The number of aliphatic hydroxyl groups is 3. The van der Waals surface area contributed by atoms with Crippen LogP contribution in [0.3, 0.4) is 0 Å². The molecule has 0 bridgehead atoms. The maximum absolute atomic E-state index is 10.1. The Hall–Kier alpha value is -0.340. The minimum Gasteiger partial charge on any atom is -0.390 e. The molecule has 0 amide bonds. The Kier molecular flexibility index (Phi) is 5.08. The molecular formula is C12H22N2O4S. The van der Waals surface area contributed by atoms with Crippen LogP contribution in [0.1, 0.15) is 26.7 Å². The number of amidine groups is 1. The Labute approximate surface area is 117 Å². The lowest BCUT2D eigenvalue weighted by molar-refractivity contribution is -0.188. The van der Waals surface area contributed by atoms with Crippen LogP contribution in [-0.2, 0) is 4.74 Å². The van der Waals surface area contributed by atoms with Crippen LogP contribution < -0.4 is 5.32 Å².